The summed E-state index contributed by atoms with van der Waals surface area (Å²) in [5, 5.41) is 0. The van der Waals surface area contributed by atoms with Gasteiger partial charge in [0.15, 0.2) is 0 Å². The van der Waals surface area contributed by atoms with Crippen LogP contribution in [0.2, 0.25) is 0 Å². The van der Waals surface area contributed by atoms with Crippen molar-refractivity contribution in [2.45, 2.75) is 51.8 Å². The minimum absolute atomic E-state index is 0.219. The smallest absolute Gasteiger partial charge is 0.293 e. The molecular weight excluding hydrogens is 250 g/mol. The Morgan fingerprint density at radius 1 is 1.30 bits per heavy atom. The lowest BCUT2D eigenvalue weighted by molar-refractivity contribution is -0.0600. The molecule has 2 saturated heterocycles. The van der Waals surface area contributed by atoms with E-state index in [-0.39, 0.29) is 11.8 Å². The molecule has 2 aliphatic heterocycles. The minimum Gasteiger partial charge on any atom is -0.378 e. The van der Waals surface area contributed by atoms with Gasteiger partial charge in [-0.15, -0.1) is 0 Å². The van der Waals surface area contributed by atoms with Crippen molar-refractivity contribution in [1.82, 2.24) is 9.80 Å². The maximum absolute atomic E-state index is 7.67. The van der Waals surface area contributed by atoms with Gasteiger partial charge in [-0.25, -0.2) is 11.5 Å². The van der Waals surface area contributed by atoms with Crippen LogP contribution in [0.25, 0.3) is 4.85 Å². The van der Waals surface area contributed by atoms with Gasteiger partial charge in [-0.3, -0.25) is 4.85 Å². The van der Waals surface area contributed by atoms with Gasteiger partial charge in [0.05, 0.1) is 25.6 Å². The third-order valence-electron chi connectivity index (χ3n) is 4.71. The van der Waals surface area contributed by atoms with E-state index in [0.717, 1.165) is 51.5 Å². The van der Waals surface area contributed by atoms with E-state index in [1.54, 1.807) is 0 Å². The van der Waals surface area contributed by atoms with Crippen LogP contribution in [0.5, 0.6) is 0 Å². The first-order valence-electron chi connectivity index (χ1n) is 8.03. The molecule has 0 aliphatic carbocycles. The fourth-order valence-electron chi connectivity index (χ4n) is 3.33. The van der Waals surface area contributed by atoms with E-state index in [4.69, 9.17) is 11.3 Å². The van der Waals surface area contributed by atoms with E-state index in [0.29, 0.717) is 0 Å². The average Bonchev–Trinajstić information content (AvgIpc) is 2.45. The predicted octanol–water partition coefficient (Wildman–Crippen LogP) is 2.46. The topological polar surface area (TPSA) is 20.1 Å². The lowest BCUT2D eigenvalue weighted by Gasteiger charge is -2.43. The molecule has 4 heteroatoms. The second-order valence-corrected chi connectivity index (χ2v) is 6.74. The Hall–Kier alpha value is -0.630. The van der Waals surface area contributed by atoms with Gasteiger partial charge < -0.3 is 9.64 Å². The summed E-state index contributed by atoms with van der Waals surface area (Å²) in [6.07, 6.45) is 3.23. The second kappa shape index (κ2) is 6.89. The fraction of sp³-hybridized carbons (Fsp3) is 0.938. The van der Waals surface area contributed by atoms with Crippen molar-refractivity contribution in [2.75, 3.05) is 39.3 Å². The second-order valence-electron chi connectivity index (χ2n) is 6.74. The van der Waals surface area contributed by atoms with Gasteiger partial charge in [-0.2, -0.15) is 0 Å². The maximum atomic E-state index is 7.67. The standard InChI is InChI=1S/C16H29N3O/c1-14(2)5-7-18-8-10-19(11-9-18)16(17-4)6-12-20-15(3)13-16/h14-15H,5-13H2,1-3H3. The molecular formula is C16H29N3O. The van der Waals surface area contributed by atoms with Crippen LogP contribution in [-0.2, 0) is 4.74 Å². The molecule has 4 nitrogen and oxygen atoms in total. The maximum Gasteiger partial charge on any atom is 0.293 e. The van der Waals surface area contributed by atoms with Gasteiger partial charge in [0.1, 0.15) is 0 Å². The third kappa shape index (κ3) is 3.72. The average molecular weight is 279 g/mol. The third-order valence-corrected chi connectivity index (χ3v) is 4.71. The zero-order valence-corrected chi connectivity index (χ0v) is 13.3. The predicted molar refractivity (Wildman–Crippen MR) is 81.4 cm³/mol. The quantitative estimate of drug-likeness (QED) is 0.737. The van der Waals surface area contributed by atoms with Crippen LogP contribution < -0.4 is 0 Å². The van der Waals surface area contributed by atoms with E-state index >= 15 is 0 Å². The van der Waals surface area contributed by atoms with Crippen LogP contribution in [0, 0.1) is 12.5 Å². The number of rotatable bonds is 4. The summed E-state index contributed by atoms with van der Waals surface area (Å²) in [5.74, 6) is 0.777. The zero-order chi connectivity index (χ0) is 14.6. The number of hydrogen-bond acceptors (Lipinski definition) is 3. The van der Waals surface area contributed by atoms with Crippen molar-refractivity contribution in [3.05, 3.63) is 11.4 Å². The van der Waals surface area contributed by atoms with E-state index in [2.05, 4.69) is 35.4 Å². The highest BCUT2D eigenvalue weighted by Crippen LogP contribution is 2.33. The van der Waals surface area contributed by atoms with Gasteiger partial charge in [-0.05, 0) is 25.8 Å². The van der Waals surface area contributed by atoms with Crippen LogP contribution >= 0.6 is 0 Å². The molecule has 0 N–H and O–H groups in total. The van der Waals surface area contributed by atoms with Crippen molar-refractivity contribution >= 4 is 0 Å². The summed E-state index contributed by atoms with van der Waals surface area (Å²) in [7, 11) is 0. The summed E-state index contributed by atoms with van der Waals surface area (Å²) < 4.78 is 5.63. The normalized spacial score (nSPS) is 33.2. The first-order chi connectivity index (χ1) is 9.55. The van der Waals surface area contributed by atoms with Crippen molar-refractivity contribution in [1.29, 1.82) is 0 Å². The Balaban J connectivity index is 1.87. The molecule has 0 aromatic heterocycles. The summed E-state index contributed by atoms with van der Waals surface area (Å²) >= 11 is 0. The minimum atomic E-state index is -0.290. The van der Waals surface area contributed by atoms with E-state index in [1.807, 2.05) is 0 Å². The van der Waals surface area contributed by atoms with Crippen LogP contribution in [0.3, 0.4) is 0 Å². The Morgan fingerprint density at radius 2 is 2.00 bits per heavy atom. The summed E-state index contributed by atoms with van der Waals surface area (Å²) in [4.78, 5) is 9.00. The fourth-order valence-corrected chi connectivity index (χ4v) is 3.33. The van der Waals surface area contributed by atoms with Crippen molar-refractivity contribution < 1.29 is 4.74 Å². The number of hydrogen-bond donors (Lipinski definition) is 0. The SMILES string of the molecule is [C-]#[N+]C1(N2CCN(CCC(C)C)CC2)CCOC(C)C1. The molecule has 2 unspecified atom stereocenters. The molecule has 0 bridgehead atoms. The van der Waals surface area contributed by atoms with Gasteiger partial charge in [0, 0.05) is 26.2 Å². The number of piperazine rings is 1. The van der Waals surface area contributed by atoms with Gasteiger partial charge in [0.2, 0.25) is 0 Å². The first kappa shape index (κ1) is 15.8. The molecule has 2 heterocycles. The number of nitrogens with zero attached hydrogens (tertiary/aromatic N) is 3. The summed E-state index contributed by atoms with van der Waals surface area (Å²) in [5.41, 5.74) is -0.290. The molecule has 114 valence electrons. The molecule has 0 amide bonds. The highest BCUT2D eigenvalue weighted by atomic mass is 16.5. The van der Waals surface area contributed by atoms with Crippen LogP contribution in [0.15, 0.2) is 0 Å². The molecule has 0 radical (unpaired) electrons. The van der Waals surface area contributed by atoms with Crippen LogP contribution in [-0.4, -0.2) is 60.9 Å². The van der Waals surface area contributed by atoms with E-state index in [1.165, 1.54) is 13.0 Å². The Labute approximate surface area is 123 Å². The highest BCUT2D eigenvalue weighted by molar-refractivity contribution is 5.02. The molecule has 20 heavy (non-hydrogen) atoms. The lowest BCUT2D eigenvalue weighted by atomic mass is 9.94. The molecule has 0 aromatic rings. The van der Waals surface area contributed by atoms with Crippen molar-refractivity contribution in [3.63, 3.8) is 0 Å². The van der Waals surface area contributed by atoms with E-state index in [9.17, 15) is 0 Å². The van der Waals surface area contributed by atoms with E-state index < -0.39 is 0 Å². The Morgan fingerprint density at radius 3 is 2.55 bits per heavy atom. The van der Waals surface area contributed by atoms with Gasteiger partial charge in [-0.1, -0.05) is 13.8 Å². The molecule has 2 rings (SSSR count). The van der Waals surface area contributed by atoms with Crippen molar-refractivity contribution in [3.8, 4) is 0 Å². The highest BCUT2D eigenvalue weighted by Gasteiger charge is 2.47. The molecule has 0 spiro atoms. The number of ether oxygens (including phenoxy) is 1. The lowest BCUT2D eigenvalue weighted by Crippen LogP contribution is -2.58. The zero-order valence-electron chi connectivity index (χ0n) is 13.3. The van der Waals surface area contributed by atoms with Gasteiger partial charge in [0.25, 0.3) is 5.66 Å². The van der Waals surface area contributed by atoms with Crippen LogP contribution in [0.1, 0.15) is 40.0 Å². The molecule has 2 fully saturated rings. The monoisotopic (exact) mass is 279 g/mol. The van der Waals surface area contributed by atoms with Crippen molar-refractivity contribution in [2.24, 2.45) is 5.92 Å². The Kier molecular flexibility index (Phi) is 5.42. The molecule has 0 saturated carbocycles. The Bertz CT molecular complexity index is 344. The molecule has 0 aromatic carbocycles. The summed E-state index contributed by atoms with van der Waals surface area (Å²) in [6.45, 7) is 20.6. The largest absolute Gasteiger partial charge is 0.378 e. The van der Waals surface area contributed by atoms with Gasteiger partial charge >= 0.3 is 0 Å². The molecule has 2 aliphatic rings. The first-order valence-corrected chi connectivity index (χ1v) is 8.03. The summed E-state index contributed by atoms with van der Waals surface area (Å²) in [6, 6.07) is 0. The van der Waals surface area contributed by atoms with Crippen LogP contribution in [0.4, 0.5) is 0 Å². The molecule has 2 atom stereocenters.